The van der Waals surface area contributed by atoms with Crippen LogP contribution >= 0.6 is 23.4 Å². The summed E-state index contributed by atoms with van der Waals surface area (Å²) in [6.07, 6.45) is 1.40. The van der Waals surface area contributed by atoms with Gasteiger partial charge < -0.3 is 4.90 Å². The Labute approximate surface area is 102 Å². The van der Waals surface area contributed by atoms with Gasteiger partial charge in [-0.25, -0.2) is 0 Å². The van der Waals surface area contributed by atoms with Gasteiger partial charge in [-0.2, -0.15) is 4.99 Å². The summed E-state index contributed by atoms with van der Waals surface area (Å²) in [5.74, 6) is -0.0242. The number of carbonyl (C=O) groups is 1. The molecule has 16 heavy (non-hydrogen) atoms. The Morgan fingerprint density at radius 1 is 1.44 bits per heavy atom. The number of anilines is 1. The van der Waals surface area contributed by atoms with E-state index in [0.717, 1.165) is 33.7 Å². The summed E-state index contributed by atoms with van der Waals surface area (Å²) in [7, 11) is 0. The van der Waals surface area contributed by atoms with Gasteiger partial charge in [-0.15, -0.1) is 0 Å². The van der Waals surface area contributed by atoms with E-state index in [4.69, 9.17) is 11.6 Å². The molecule has 3 nitrogen and oxygen atoms in total. The Morgan fingerprint density at radius 2 is 2.31 bits per heavy atom. The highest BCUT2D eigenvalue weighted by Gasteiger charge is 2.28. The van der Waals surface area contributed by atoms with Crippen LogP contribution < -0.4 is 4.90 Å². The topological polar surface area (TPSA) is 32.7 Å². The Balaban J connectivity index is 2.07. The largest absolute Gasteiger partial charge is 0.319 e. The van der Waals surface area contributed by atoms with Crippen LogP contribution in [0.2, 0.25) is 5.02 Å². The maximum absolute atomic E-state index is 11.4. The Bertz CT molecular complexity index is 501. The van der Waals surface area contributed by atoms with E-state index >= 15 is 0 Å². The minimum absolute atomic E-state index is 0.0242. The van der Waals surface area contributed by atoms with Crippen molar-refractivity contribution in [3.8, 4) is 0 Å². The van der Waals surface area contributed by atoms with Crippen LogP contribution in [0.25, 0.3) is 0 Å². The lowest BCUT2D eigenvalue weighted by molar-refractivity contribution is -0.117. The number of hydrogen-bond acceptors (Lipinski definition) is 3. The molecular formula is C11H9ClN2OS. The molecule has 0 spiro atoms. The lowest BCUT2D eigenvalue weighted by Crippen LogP contribution is -2.24. The first-order valence-electron chi connectivity index (χ1n) is 5.10. The molecule has 0 fully saturated rings. The fourth-order valence-electron chi connectivity index (χ4n) is 1.90. The summed E-state index contributed by atoms with van der Waals surface area (Å²) in [4.78, 5) is 18.7. The normalized spacial score (nSPS) is 18.9. The number of nitrogens with zero attached hydrogens (tertiary/aromatic N) is 2. The molecule has 0 aromatic heterocycles. The summed E-state index contributed by atoms with van der Waals surface area (Å²) in [6, 6.07) is 5.78. The zero-order valence-electron chi connectivity index (χ0n) is 8.44. The van der Waals surface area contributed by atoms with Crippen molar-refractivity contribution in [2.45, 2.75) is 17.7 Å². The fraction of sp³-hybridized carbons (Fsp3) is 0.273. The highest BCUT2D eigenvalue weighted by molar-refractivity contribution is 8.14. The van der Waals surface area contributed by atoms with Gasteiger partial charge in [-0.1, -0.05) is 11.6 Å². The second kappa shape index (κ2) is 3.79. The van der Waals surface area contributed by atoms with Crippen LogP contribution in [-0.2, 0) is 4.79 Å². The van der Waals surface area contributed by atoms with E-state index in [-0.39, 0.29) is 5.91 Å². The molecule has 3 rings (SSSR count). The summed E-state index contributed by atoms with van der Waals surface area (Å²) in [5.41, 5.74) is 1.11. The monoisotopic (exact) mass is 252 g/mol. The van der Waals surface area contributed by atoms with Gasteiger partial charge in [0.15, 0.2) is 5.17 Å². The van der Waals surface area contributed by atoms with Crippen molar-refractivity contribution in [2.24, 2.45) is 4.99 Å². The molecule has 0 radical (unpaired) electrons. The summed E-state index contributed by atoms with van der Waals surface area (Å²) < 4.78 is 0. The van der Waals surface area contributed by atoms with E-state index in [1.165, 1.54) is 11.8 Å². The Morgan fingerprint density at radius 3 is 3.19 bits per heavy atom. The van der Waals surface area contributed by atoms with E-state index in [0.29, 0.717) is 6.42 Å². The lowest BCUT2D eigenvalue weighted by atomic mass is 10.2. The molecule has 0 atom stereocenters. The van der Waals surface area contributed by atoms with Crippen LogP contribution in [0.3, 0.4) is 0 Å². The summed E-state index contributed by atoms with van der Waals surface area (Å²) in [5, 5.41) is 1.51. The number of aliphatic imine (C=N–C) groups is 1. The molecule has 0 saturated heterocycles. The van der Waals surface area contributed by atoms with Crippen LogP contribution in [0, 0.1) is 0 Å². The van der Waals surface area contributed by atoms with Gasteiger partial charge in [0.1, 0.15) is 0 Å². The standard InChI is InChI=1S/C11H9ClN2OS/c12-7-3-4-8-9(6-7)16-11-13-10(15)2-1-5-14(8)11/h3-4,6H,1-2,5H2. The number of amidine groups is 1. The SMILES string of the molecule is O=C1CCCN2C(=N1)Sc1cc(Cl)ccc12. The van der Waals surface area contributed by atoms with Gasteiger partial charge in [0.05, 0.1) is 5.69 Å². The average Bonchev–Trinajstić information content (AvgIpc) is 2.44. The first kappa shape index (κ1) is 10.2. The lowest BCUT2D eigenvalue weighted by Gasteiger charge is -2.16. The zero-order chi connectivity index (χ0) is 11.1. The maximum atomic E-state index is 11.4. The van der Waals surface area contributed by atoms with E-state index in [1.807, 2.05) is 18.2 Å². The zero-order valence-corrected chi connectivity index (χ0v) is 10.0. The van der Waals surface area contributed by atoms with Gasteiger partial charge in [-0.05, 0) is 36.4 Å². The number of carbonyl (C=O) groups excluding carboxylic acids is 1. The predicted octanol–water partition coefficient (Wildman–Crippen LogP) is 2.93. The third kappa shape index (κ3) is 1.62. The number of hydrogen-bond donors (Lipinski definition) is 0. The van der Waals surface area contributed by atoms with Crippen molar-refractivity contribution in [3.63, 3.8) is 0 Å². The predicted molar refractivity (Wildman–Crippen MR) is 66.3 cm³/mol. The van der Waals surface area contributed by atoms with Crippen LogP contribution in [0.1, 0.15) is 12.8 Å². The molecule has 2 heterocycles. The molecule has 1 aromatic carbocycles. The van der Waals surface area contributed by atoms with E-state index in [1.54, 1.807) is 0 Å². The molecule has 0 bridgehead atoms. The van der Waals surface area contributed by atoms with Gasteiger partial charge in [0.25, 0.3) is 0 Å². The third-order valence-corrected chi connectivity index (χ3v) is 3.91. The maximum Gasteiger partial charge on any atom is 0.248 e. The molecule has 0 unspecified atom stereocenters. The van der Waals surface area contributed by atoms with Gasteiger partial charge >= 0.3 is 0 Å². The summed E-state index contributed by atoms with van der Waals surface area (Å²) in [6.45, 7) is 0.853. The van der Waals surface area contributed by atoms with E-state index in [2.05, 4.69) is 9.89 Å². The first-order valence-corrected chi connectivity index (χ1v) is 6.30. The van der Waals surface area contributed by atoms with Crippen molar-refractivity contribution in [2.75, 3.05) is 11.4 Å². The number of rotatable bonds is 0. The second-order valence-corrected chi connectivity index (χ2v) is 5.20. The average molecular weight is 253 g/mol. The molecule has 82 valence electrons. The van der Waals surface area contributed by atoms with E-state index in [9.17, 15) is 4.79 Å². The number of amides is 1. The van der Waals surface area contributed by atoms with Crippen molar-refractivity contribution in [1.29, 1.82) is 0 Å². The van der Waals surface area contributed by atoms with Crippen molar-refractivity contribution in [3.05, 3.63) is 23.2 Å². The molecule has 1 amide bonds. The number of fused-ring (bicyclic) bond motifs is 3. The number of benzene rings is 1. The summed E-state index contributed by atoms with van der Waals surface area (Å²) >= 11 is 7.47. The second-order valence-electron chi connectivity index (χ2n) is 3.76. The quantitative estimate of drug-likeness (QED) is 0.712. The van der Waals surface area contributed by atoms with Crippen molar-refractivity contribution < 1.29 is 4.79 Å². The fourth-order valence-corrected chi connectivity index (χ4v) is 3.25. The molecule has 1 aromatic rings. The van der Waals surface area contributed by atoms with Crippen molar-refractivity contribution >= 4 is 40.1 Å². The number of thioether (sulfide) groups is 1. The highest BCUT2D eigenvalue weighted by Crippen LogP contribution is 2.42. The van der Waals surface area contributed by atoms with Crippen LogP contribution in [0.4, 0.5) is 5.69 Å². The molecule has 0 aliphatic carbocycles. The molecular weight excluding hydrogens is 244 g/mol. The minimum Gasteiger partial charge on any atom is -0.319 e. The molecule has 0 saturated carbocycles. The molecule has 0 N–H and O–H groups in total. The van der Waals surface area contributed by atoms with Crippen LogP contribution in [-0.4, -0.2) is 17.6 Å². The van der Waals surface area contributed by atoms with E-state index < -0.39 is 0 Å². The highest BCUT2D eigenvalue weighted by atomic mass is 35.5. The third-order valence-electron chi connectivity index (χ3n) is 2.64. The van der Waals surface area contributed by atoms with Gasteiger partial charge in [-0.3, -0.25) is 4.79 Å². The first-order chi connectivity index (χ1) is 7.74. The Hall–Kier alpha value is -1.00. The molecule has 2 aliphatic rings. The molecule has 2 aliphatic heterocycles. The molecule has 5 heteroatoms. The van der Waals surface area contributed by atoms with Gasteiger partial charge in [0, 0.05) is 22.9 Å². The minimum atomic E-state index is -0.0242. The van der Waals surface area contributed by atoms with Crippen LogP contribution in [0.5, 0.6) is 0 Å². The van der Waals surface area contributed by atoms with Crippen molar-refractivity contribution in [1.82, 2.24) is 0 Å². The number of halogens is 1. The van der Waals surface area contributed by atoms with Crippen LogP contribution in [0.15, 0.2) is 28.1 Å². The Kier molecular flexibility index (Phi) is 2.41. The van der Waals surface area contributed by atoms with Gasteiger partial charge in [0.2, 0.25) is 5.91 Å². The smallest absolute Gasteiger partial charge is 0.248 e.